The zero-order chi connectivity index (χ0) is 21.7. The molecule has 0 saturated heterocycles. The van der Waals surface area contributed by atoms with Gasteiger partial charge in [0.2, 0.25) is 0 Å². The Labute approximate surface area is 177 Å². The summed E-state index contributed by atoms with van der Waals surface area (Å²) in [5, 5.41) is 16.1. The van der Waals surface area contributed by atoms with Gasteiger partial charge in [0.15, 0.2) is 0 Å². The van der Waals surface area contributed by atoms with E-state index in [9.17, 15) is 4.79 Å². The first-order chi connectivity index (χ1) is 14.3. The maximum absolute atomic E-state index is 12.7. The lowest BCUT2D eigenvalue weighted by Gasteiger charge is -2.13. The zero-order valence-corrected chi connectivity index (χ0v) is 17.8. The summed E-state index contributed by atoms with van der Waals surface area (Å²) < 4.78 is 7.43. The van der Waals surface area contributed by atoms with E-state index in [0.29, 0.717) is 24.4 Å². The van der Waals surface area contributed by atoms with Crippen LogP contribution in [0.4, 0.5) is 5.69 Å². The van der Waals surface area contributed by atoms with Gasteiger partial charge in [-0.25, -0.2) is 0 Å². The highest BCUT2D eigenvalue weighted by Crippen LogP contribution is 2.22. The first-order valence-corrected chi connectivity index (χ1v) is 9.80. The number of nitrogens with zero attached hydrogens (tertiary/aromatic N) is 3. The number of aryl methyl sites for hydroxylation is 1. The van der Waals surface area contributed by atoms with Crippen LogP contribution in [0.15, 0.2) is 54.6 Å². The molecule has 154 valence electrons. The molecule has 0 unspecified atom stereocenters. The number of amides is 1. The van der Waals surface area contributed by atoms with E-state index in [2.05, 4.69) is 37.3 Å². The van der Waals surface area contributed by atoms with Gasteiger partial charge in [-0.15, -0.1) is 0 Å². The number of anilines is 1. The Kier molecular flexibility index (Phi) is 6.22. The van der Waals surface area contributed by atoms with Gasteiger partial charge in [-0.1, -0.05) is 45.0 Å². The Balaban J connectivity index is 1.65. The Hall–Kier alpha value is -3.59. The highest BCUT2D eigenvalue weighted by atomic mass is 16.5. The van der Waals surface area contributed by atoms with E-state index in [0.717, 1.165) is 22.6 Å². The summed E-state index contributed by atoms with van der Waals surface area (Å²) in [6, 6.07) is 19.0. The third-order valence-corrected chi connectivity index (χ3v) is 4.68. The normalized spacial score (nSPS) is 11.0. The molecule has 1 heterocycles. The van der Waals surface area contributed by atoms with Crippen LogP contribution in [0, 0.1) is 11.3 Å². The minimum absolute atomic E-state index is 0.125. The van der Waals surface area contributed by atoms with Gasteiger partial charge in [0.05, 0.1) is 18.2 Å². The van der Waals surface area contributed by atoms with Crippen LogP contribution in [-0.4, -0.2) is 15.7 Å². The van der Waals surface area contributed by atoms with Crippen molar-refractivity contribution in [1.29, 1.82) is 5.26 Å². The fourth-order valence-electron chi connectivity index (χ4n) is 2.94. The maximum Gasteiger partial charge on any atom is 0.273 e. The lowest BCUT2D eigenvalue weighted by Crippen LogP contribution is -2.16. The summed E-state index contributed by atoms with van der Waals surface area (Å²) in [7, 11) is 1.77. The molecule has 0 fully saturated rings. The molecule has 6 heteroatoms. The van der Waals surface area contributed by atoms with E-state index >= 15 is 0 Å². The summed E-state index contributed by atoms with van der Waals surface area (Å²) in [6.07, 6.45) is 0.385. The number of rotatable bonds is 6. The number of carbonyl (C=O) groups is 1. The summed E-state index contributed by atoms with van der Waals surface area (Å²) in [4.78, 5) is 12.7. The molecule has 3 rings (SSSR count). The molecule has 0 radical (unpaired) electrons. The summed E-state index contributed by atoms with van der Waals surface area (Å²) in [5.74, 6) is 0.530. The predicted octanol–water partition coefficient (Wildman–Crippen LogP) is 4.61. The third-order valence-electron chi connectivity index (χ3n) is 4.68. The first-order valence-electron chi connectivity index (χ1n) is 9.80. The van der Waals surface area contributed by atoms with Crippen molar-refractivity contribution in [3.05, 3.63) is 77.1 Å². The largest absolute Gasteiger partial charge is 0.489 e. The van der Waals surface area contributed by atoms with Crippen molar-refractivity contribution >= 4 is 11.6 Å². The number of hydrogen-bond donors (Lipinski definition) is 1. The Bertz CT molecular complexity index is 1070. The minimum atomic E-state index is -0.202. The van der Waals surface area contributed by atoms with Gasteiger partial charge in [-0.05, 0) is 41.5 Å². The highest BCUT2D eigenvalue weighted by molar-refractivity contribution is 6.03. The average molecular weight is 402 g/mol. The number of benzene rings is 2. The van der Waals surface area contributed by atoms with Crippen LogP contribution in [0.5, 0.6) is 5.75 Å². The van der Waals surface area contributed by atoms with Crippen molar-refractivity contribution in [3.8, 4) is 11.8 Å². The smallest absolute Gasteiger partial charge is 0.273 e. The molecule has 1 aromatic heterocycles. The zero-order valence-electron chi connectivity index (χ0n) is 17.8. The van der Waals surface area contributed by atoms with Gasteiger partial charge in [-0.2, -0.15) is 10.4 Å². The number of ether oxygens (including phenoxy) is 1. The maximum atomic E-state index is 12.7. The second-order valence-corrected chi connectivity index (χ2v) is 8.21. The van der Waals surface area contributed by atoms with Crippen molar-refractivity contribution in [1.82, 2.24) is 9.78 Å². The summed E-state index contributed by atoms with van der Waals surface area (Å²) in [5.41, 5.74) is 3.86. The van der Waals surface area contributed by atoms with Gasteiger partial charge < -0.3 is 10.1 Å². The van der Waals surface area contributed by atoms with E-state index in [-0.39, 0.29) is 11.3 Å². The first kappa shape index (κ1) is 21.1. The fourth-order valence-corrected chi connectivity index (χ4v) is 2.94. The Morgan fingerprint density at radius 2 is 1.87 bits per heavy atom. The molecule has 0 bridgehead atoms. The molecule has 2 aromatic carbocycles. The number of hydrogen-bond acceptors (Lipinski definition) is 4. The molecule has 0 aliphatic carbocycles. The number of nitrogens with one attached hydrogen (secondary N) is 1. The Morgan fingerprint density at radius 3 is 2.50 bits per heavy atom. The van der Waals surface area contributed by atoms with Crippen molar-refractivity contribution in [2.24, 2.45) is 7.05 Å². The second-order valence-electron chi connectivity index (χ2n) is 8.21. The topological polar surface area (TPSA) is 79.9 Å². The van der Waals surface area contributed by atoms with Crippen molar-refractivity contribution in [3.63, 3.8) is 0 Å². The minimum Gasteiger partial charge on any atom is -0.489 e. The van der Waals surface area contributed by atoms with Gasteiger partial charge in [0.25, 0.3) is 5.91 Å². The molecular formula is C24H26N4O2. The predicted molar refractivity (Wildman–Crippen MR) is 116 cm³/mol. The monoisotopic (exact) mass is 402 g/mol. The van der Waals surface area contributed by atoms with Crippen LogP contribution >= 0.6 is 0 Å². The Morgan fingerprint density at radius 1 is 1.13 bits per heavy atom. The third kappa shape index (κ3) is 5.26. The van der Waals surface area contributed by atoms with E-state index in [1.165, 1.54) is 0 Å². The van der Waals surface area contributed by atoms with E-state index < -0.39 is 0 Å². The van der Waals surface area contributed by atoms with E-state index in [1.54, 1.807) is 11.7 Å². The lowest BCUT2D eigenvalue weighted by molar-refractivity contribution is 0.101. The molecule has 1 N–H and O–H groups in total. The standard InChI is InChI=1S/C24H26N4O2/c1-24(2,3)22-15-21(28(4)27-22)23(29)26-19-7-5-6-18(14-19)16-30-20-10-8-17(9-11-20)12-13-25/h5-11,14-15H,12,16H2,1-4H3,(H,26,29). The quantitative estimate of drug-likeness (QED) is 0.653. The van der Waals surface area contributed by atoms with Crippen molar-refractivity contribution in [2.75, 3.05) is 5.32 Å². The fraction of sp³-hybridized carbons (Fsp3) is 0.292. The molecule has 30 heavy (non-hydrogen) atoms. The molecule has 3 aromatic rings. The van der Waals surface area contributed by atoms with Gasteiger partial charge in [0.1, 0.15) is 18.1 Å². The molecule has 1 amide bonds. The van der Waals surface area contributed by atoms with Crippen LogP contribution in [-0.2, 0) is 25.5 Å². The molecular weight excluding hydrogens is 376 g/mol. The SMILES string of the molecule is Cn1nc(C(C)(C)C)cc1C(=O)Nc1cccc(COc2ccc(CC#N)cc2)c1. The van der Waals surface area contributed by atoms with Crippen LogP contribution < -0.4 is 10.1 Å². The van der Waals surface area contributed by atoms with Crippen LogP contribution in [0.2, 0.25) is 0 Å². The van der Waals surface area contributed by atoms with Crippen molar-refractivity contribution in [2.45, 2.75) is 39.2 Å². The highest BCUT2D eigenvalue weighted by Gasteiger charge is 2.21. The number of nitriles is 1. The average Bonchev–Trinajstić information content (AvgIpc) is 3.10. The number of carbonyl (C=O) groups excluding carboxylic acids is 1. The molecule has 0 saturated carbocycles. The van der Waals surface area contributed by atoms with Gasteiger partial charge in [0, 0.05) is 18.2 Å². The van der Waals surface area contributed by atoms with Gasteiger partial charge >= 0.3 is 0 Å². The number of aromatic nitrogens is 2. The lowest BCUT2D eigenvalue weighted by atomic mass is 9.92. The second kappa shape index (κ2) is 8.83. The van der Waals surface area contributed by atoms with E-state index in [4.69, 9.17) is 10.00 Å². The summed E-state index contributed by atoms with van der Waals surface area (Å²) >= 11 is 0. The van der Waals surface area contributed by atoms with Gasteiger partial charge in [-0.3, -0.25) is 9.48 Å². The molecule has 0 atom stereocenters. The van der Waals surface area contributed by atoms with Crippen molar-refractivity contribution < 1.29 is 9.53 Å². The summed E-state index contributed by atoms with van der Waals surface area (Å²) in [6.45, 7) is 6.58. The molecule has 0 aliphatic rings. The molecule has 6 nitrogen and oxygen atoms in total. The van der Waals surface area contributed by atoms with Crippen LogP contribution in [0.3, 0.4) is 0 Å². The molecule has 0 spiro atoms. The van der Waals surface area contributed by atoms with E-state index in [1.807, 2.05) is 54.6 Å². The van der Waals surface area contributed by atoms with Crippen LogP contribution in [0.1, 0.15) is 48.1 Å². The van der Waals surface area contributed by atoms with Crippen LogP contribution in [0.25, 0.3) is 0 Å². The molecule has 0 aliphatic heterocycles.